The number of benzene rings is 1. The largest absolute Gasteiger partial charge is 0.480 e. The molecule has 3 nitrogen and oxygen atoms in total. The first-order chi connectivity index (χ1) is 10.2. The SMILES string of the molecule is CC1CCC(N(CC(=O)O)C2CCCC2)c2ccccc21. The second kappa shape index (κ2) is 6.18. The number of carboxylic acid groups (broad SMARTS) is 1. The molecule has 3 rings (SSSR count). The smallest absolute Gasteiger partial charge is 0.317 e. The lowest BCUT2D eigenvalue weighted by atomic mass is 9.80. The van der Waals surface area contributed by atoms with Crippen LogP contribution >= 0.6 is 0 Å². The molecule has 0 radical (unpaired) electrons. The number of aliphatic carboxylic acids is 1. The number of carbonyl (C=O) groups is 1. The van der Waals surface area contributed by atoms with E-state index in [0.717, 1.165) is 25.7 Å². The molecule has 0 aromatic heterocycles. The highest BCUT2D eigenvalue weighted by Crippen LogP contribution is 2.42. The third-order valence-electron chi connectivity index (χ3n) is 5.27. The molecule has 3 heteroatoms. The van der Waals surface area contributed by atoms with Gasteiger partial charge in [-0.3, -0.25) is 9.69 Å². The van der Waals surface area contributed by atoms with E-state index < -0.39 is 5.97 Å². The first-order valence-corrected chi connectivity index (χ1v) is 8.23. The van der Waals surface area contributed by atoms with Crippen molar-refractivity contribution in [3.05, 3.63) is 35.4 Å². The average molecular weight is 287 g/mol. The minimum Gasteiger partial charge on any atom is -0.480 e. The molecular formula is C18H25NO2. The Morgan fingerprint density at radius 2 is 1.81 bits per heavy atom. The van der Waals surface area contributed by atoms with Crippen LogP contribution in [-0.2, 0) is 4.79 Å². The molecule has 0 spiro atoms. The maximum absolute atomic E-state index is 11.3. The minimum absolute atomic E-state index is 0.179. The number of carboxylic acids is 1. The van der Waals surface area contributed by atoms with Crippen molar-refractivity contribution in [1.29, 1.82) is 0 Å². The van der Waals surface area contributed by atoms with Gasteiger partial charge < -0.3 is 5.11 Å². The summed E-state index contributed by atoms with van der Waals surface area (Å²) < 4.78 is 0. The van der Waals surface area contributed by atoms with Crippen LogP contribution in [0, 0.1) is 0 Å². The Hall–Kier alpha value is -1.35. The molecule has 1 aromatic carbocycles. The number of nitrogens with zero attached hydrogens (tertiary/aromatic N) is 1. The van der Waals surface area contributed by atoms with Crippen LogP contribution in [0.2, 0.25) is 0 Å². The van der Waals surface area contributed by atoms with Gasteiger partial charge in [0.05, 0.1) is 6.54 Å². The second-order valence-corrected chi connectivity index (χ2v) is 6.63. The molecule has 21 heavy (non-hydrogen) atoms. The third kappa shape index (κ3) is 2.98. The van der Waals surface area contributed by atoms with Crippen LogP contribution in [0.25, 0.3) is 0 Å². The van der Waals surface area contributed by atoms with Crippen LogP contribution in [0.1, 0.15) is 68.5 Å². The maximum atomic E-state index is 11.3. The molecular weight excluding hydrogens is 262 g/mol. The predicted molar refractivity (Wildman–Crippen MR) is 83.4 cm³/mol. The summed E-state index contributed by atoms with van der Waals surface area (Å²) in [6.07, 6.45) is 7.03. The van der Waals surface area contributed by atoms with Crippen molar-refractivity contribution in [2.24, 2.45) is 0 Å². The van der Waals surface area contributed by atoms with Crippen LogP contribution in [0.5, 0.6) is 0 Å². The molecule has 1 aromatic rings. The van der Waals surface area contributed by atoms with Crippen LogP contribution in [0.3, 0.4) is 0 Å². The zero-order valence-corrected chi connectivity index (χ0v) is 12.8. The first-order valence-electron chi connectivity index (χ1n) is 8.23. The molecule has 0 bridgehead atoms. The van der Waals surface area contributed by atoms with Gasteiger partial charge in [-0.2, -0.15) is 0 Å². The topological polar surface area (TPSA) is 40.5 Å². The summed E-state index contributed by atoms with van der Waals surface area (Å²) in [5.74, 6) is -0.106. The fourth-order valence-corrected chi connectivity index (χ4v) is 4.21. The fraction of sp³-hybridized carbons (Fsp3) is 0.611. The lowest BCUT2D eigenvalue weighted by Gasteiger charge is -2.40. The van der Waals surface area contributed by atoms with E-state index in [1.54, 1.807) is 0 Å². The third-order valence-corrected chi connectivity index (χ3v) is 5.27. The molecule has 0 aliphatic heterocycles. The Kier molecular flexibility index (Phi) is 4.29. The Labute approximate surface area is 127 Å². The molecule has 1 N–H and O–H groups in total. The second-order valence-electron chi connectivity index (χ2n) is 6.63. The van der Waals surface area contributed by atoms with Gasteiger partial charge in [0.1, 0.15) is 0 Å². The average Bonchev–Trinajstić information content (AvgIpc) is 3.00. The van der Waals surface area contributed by atoms with Crippen molar-refractivity contribution < 1.29 is 9.90 Å². The molecule has 0 heterocycles. The number of fused-ring (bicyclic) bond motifs is 1. The Balaban J connectivity index is 1.92. The minimum atomic E-state index is -0.696. The van der Waals surface area contributed by atoms with Crippen molar-refractivity contribution >= 4 is 5.97 Å². The van der Waals surface area contributed by atoms with Gasteiger partial charge in [-0.25, -0.2) is 0 Å². The summed E-state index contributed by atoms with van der Waals surface area (Å²) >= 11 is 0. The van der Waals surface area contributed by atoms with Crippen molar-refractivity contribution in [3.8, 4) is 0 Å². The summed E-state index contributed by atoms with van der Waals surface area (Å²) in [5, 5.41) is 9.33. The molecule has 2 atom stereocenters. The lowest BCUT2D eigenvalue weighted by Crippen LogP contribution is -2.41. The predicted octanol–water partition coefficient (Wildman–Crippen LogP) is 3.95. The Morgan fingerprint density at radius 1 is 1.14 bits per heavy atom. The summed E-state index contributed by atoms with van der Waals surface area (Å²) in [7, 11) is 0. The van der Waals surface area contributed by atoms with E-state index in [9.17, 15) is 9.90 Å². The van der Waals surface area contributed by atoms with Gasteiger partial charge in [0.15, 0.2) is 0 Å². The van der Waals surface area contributed by atoms with E-state index in [1.165, 1.54) is 24.0 Å². The fourth-order valence-electron chi connectivity index (χ4n) is 4.21. The van der Waals surface area contributed by atoms with Gasteiger partial charge in [-0.15, -0.1) is 0 Å². The summed E-state index contributed by atoms with van der Waals surface area (Å²) in [6.45, 7) is 2.46. The zero-order chi connectivity index (χ0) is 14.8. The van der Waals surface area contributed by atoms with Gasteiger partial charge in [0.25, 0.3) is 0 Å². The van der Waals surface area contributed by atoms with Crippen LogP contribution in [-0.4, -0.2) is 28.6 Å². The van der Waals surface area contributed by atoms with Crippen LogP contribution in [0.4, 0.5) is 0 Å². The van der Waals surface area contributed by atoms with Crippen molar-refractivity contribution in [3.63, 3.8) is 0 Å². The van der Waals surface area contributed by atoms with Crippen molar-refractivity contribution in [2.45, 2.75) is 63.5 Å². The number of hydrogen-bond acceptors (Lipinski definition) is 2. The van der Waals surface area contributed by atoms with Gasteiger partial charge in [-0.1, -0.05) is 44.0 Å². The van der Waals surface area contributed by atoms with E-state index in [-0.39, 0.29) is 12.6 Å². The van der Waals surface area contributed by atoms with Gasteiger partial charge in [0, 0.05) is 12.1 Å². The zero-order valence-electron chi connectivity index (χ0n) is 12.8. The van der Waals surface area contributed by atoms with Crippen LogP contribution < -0.4 is 0 Å². The Morgan fingerprint density at radius 3 is 2.48 bits per heavy atom. The van der Waals surface area contributed by atoms with E-state index in [2.05, 4.69) is 36.1 Å². The number of hydrogen-bond donors (Lipinski definition) is 1. The molecule has 1 saturated carbocycles. The van der Waals surface area contributed by atoms with E-state index in [0.29, 0.717) is 12.0 Å². The standard InChI is InChI=1S/C18H25NO2/c1-13-10-11-17(16-9-5-4-8-15(13)16)19(12-18(20)21)14-6-2-3-7-14/h4-5,8-9,13-14,17H,2-3,6-7,10-12H2,1H3,(H,20,21). The molecule has 2 aliphatic rings. The van der Waals surface area contributed by atoms with Crippen molar-refractivity contribution in [2.75, 3.05) is 6.54 Å². The molecule has 1 fully saturated rings. The summed E-state index contributed by atoms with van der Waals surface area (Å²) in [4.78, 5) is 13.6. The summed E-state index contributed by atoms with van der Waals surface area (Å²) in [6, 6.07) is 9.37. The lowest BCUT2D eigenvalue weighted by molar-refractivity contribution is -0.139. The molecule has 0 amide bonds. The van der Waals surface area contributed by atoms with E-state index >= 15 is 0 Å². The van der Waals surface area contributed by atoms with E-state index in [4.69, 9.17) is 0 Å². The molecule has 114 valence electrons. The Bertz CT molecular complexity index is 508. The van der Waals surface area contributed by atoms with Crippen LogP contribution in [0.15, 0.2) is 24.3 Å². The quantitative estimate of drug-likeness (QED) is 0.911. The maximum Gasteiger partial charge on any atom is 0.317 e. The summed E-state index contributed by atoms with van der Waals surface area (Å²) in [5.41, 5.74) is 2.78. The normalized spacial score (nSPS) is 26.0. The monoisotopic (exact) mass is 287 g/mol. The molecule has 2 unspecified atom stereocenters. The van der Waals surface area contributed by atoms with Crippen molar-refractivity contribution in [1.82, 2.24) is 4.90 Å². The highest BCUT2D eigenvalue weighted by molar-refractivity contribution is 5.69. The van der Waals surface area contributed by atoms with Gasteiger partial charge >= 0.3 is 5.97 Å². The highest BCUT2D eigenvalue weighted by atomic mass is 16.4. The van der Waals surface area contributed by atoms with E-state index in [1.807, 2.05) is 0 Å². The van der Waals surface area contributed by atoms with Gasteiger partial charge in [-0.05, 0) is 42.7 Å². The number of rotatable bonds is 4. The first kappa shape index (κ1) is 14.6. The molecule has 2 aliphatic carbocycles. The molecule has 0 saturated heterocycles. The van der Waals surface area contributed by atoms with Gasteiger partial charge in [0.2, 0.25) is 0 Å². The highest BCUT2D eigenvalue weighted by Gasteiger charge is 2.34.